The number of halogens is 5. The maximum Gasteiger partial charge on any atom is 0.207 e. The fraction of sp³-hybridized carbons (Fsp3) is 0.406. The Hall–Kier alpha value is -10.8. The van der Waals surface area contributed by atoms with Gasteiger partial charge >= 0.3 is 0 Å². The highest BCUT2D eigenvalue weighted by atomic mass is 35.5. The molecule has 0 bridgehead atoms. The van der Waals surface area contributed by atoms with Crippen LogP contribution in [0.4, 0.5) is 52.7 Å². The Morgan fingerprint density at radius 2 is 0.864 bits per heavy atom. The second kappa shape index (κ2) is 39.8. The zero-order valence-corrected chi connectivity index (χ0v) is 75.7. The van der Waals surface area contributed by atoms with Crippen molar-refractivity contribution in [1.82, 2.24) is 53.7 Å². The summed E-state index contributed by atoms with van der Waals surface area (Å²) in [6.07, 6.45) is 10.9. The van der Waals surface area contributed by atoms with Crippen LogP contribution in [0.3, 0.4) is 0 Å². The normalized spacial score (nSPS) is 15.2. The van der Waals surface area contributed by atoms with Crippen LogP contribution in [0.5, 0.6) is 0 Å². The lowest BCUT2D eigenvalue weighted by Gasteiger charge is -2.34. The number of hydrogen-bond donors (Lipinski definition) is 7. The average Bonchev–Trinajstić information content (AvgIpc) is 1.65. The van der Waals surface area contributed by atoms with Crippen molar-refractivity contribution in [3.05, 3.63) is 251 Å². The minimum Gasteiger partial charge on any atom is -0.370 e. The lowest BCUT2D eigenvalue weighted by Crippen LogP contribution is -2.45. The van der Waals surface area contributed by atoms with Crippen LogP contribution in [0.1, 0.15) is 134 Å². The van der Waals surface area contributed by atoms with E-state index in [1.54, 1.807) is 26.8 Å². The number of nitrogens with two attached hydrogens (primary N) is 2. The number of allylic oxidation sites excluding steroid dienone is 2. The number of fused-ring (bicyclic) bond motifs is 4. The first-order chi connectivity index (χ1) is 60.3. The van der Waals surface area contributed by atoms with Crippen LogP contribution in [-0.2, 0) is 26.2 Å². The number of anilines is 6. The van der Waals surface area contributed by atoms with Crippen LogP contribution in [0.15, 0.2) is 133 Å². The number of rotatable bonds is 22. The van der Waals surface area contributed by atoms with Crippen LogP contribution < -0.4 is 52.8 Å². The van der Waals surface area contributed by atoms with E-state index in [4.69, 9.17) is 43.0 Å². The van der Waals surface area contributed by atoms with Gasteiger partial charge in [-0.2, -0.15) is 0 Å². The van der Waals surface area contributed by atoms with Gasteiger partial charge in [0, 0.05) is 139 Å². The Morgan fingerprint density at radius 3 is 1.36 bits per heavy atom. The van der Waals surface area contributed by atoms with Crippen molar-refractivity contribution < 1.29 is 17.6 Å². The largest absolute Gasteiger partial charge is 0.370 e. The lowest BCUT2D eigenvalue weighted by molar-refractivity contribution is 0.313. The monoisotopic (exact) mass is 1710 g/mol. The molecule has 0 amide bonds. The molecule has 4 aliphatic heterocycles. The maximum absolute atomic E-state index is 14.3. The third-order valence-electron chi connectivity index (χ3n) is 25.0. The van der Waals surface area contributed by atoms with Gasteiger partial charge in [-0.3, -0.25) is 0 Å². The number of benzene rings is 9. The first-order valence-corrected chi connectivity index (χ1v) is 45.2. The summed E-state index contributed by atoms with van der Waals surface area (Å²) in [4.78, 5) is 30.1. The molecule has 18 rings (SSSR count). The van der Waals surface area contributed by atoms with Crippen LogP contribution in [0, 0.1) is 105 Å². The minimum atomic E-state index is -0.173. The molecule has 0 spiro atoms. The number of aryl methyl sites for hydroxylation is 11. The van der Waals surface area contributed by atoms with Crippen molar-refractivity contribution in [2.24, 2.45) is 17.4 Å². The molecule has 0 saturated carbocycles. The highest BCUT2D eigenvalue weighted by molar-refractivity contribution is 6.33. The van der Waals surface area contributed by atoms with Crippen molar-refractivity contribution >= 4 is 96.5 Å². The standard InChI is InChI=1S/C26H35FN6.C26H34FN5.C25H26ClFN4.C24H29FN4/c1-17-9-22(32-7-5-31(4)6-8-32)25-23(10-17)33(26(30-25)29-15-21-13-28-14-21)16-20-11-18(2)24(27)19(3)12-20;1-18-13-22(30-9-5-4-6-10-30)25-23(14-18)32(26(29-25)31-11-7-28-8-12-31)17-21-15-19(2)24(27)20(3)16-21;1-15-10-20(19-6-4-5-7-21(19)26)24-22(11-15)31(25(30-24)29-9-8-28)14-18-12-16(2)23(27)17(3)13-18;1-16-12-20(19-6-4-3-5-7-19)23-22(13-16)29(24(28-23)27-11-10-26)15-18-8-9-21(25)17(2)14-18/h9-12,21,28H,5-8,13-16H2,1-4H3,(H,29,30);13-16,28H,4-12,17H2,1-3H3;4-7,10-13H,8-9,14,28H2,1-3H3,(H,29,30);6,8-9,12-14H,3-5,7,10-11,15,26H2,1-2H3,(H,27,28). The van der Waals surface area contributed by atoms with E-state index in [1.165, 1.54) is 76.8 Å². The number of piperidine rings is 1. The topological polar surface area (TPSA) is 196 Å². The molecular weight excluding hydrogens is 1590 g/mol. The molecule has 4 saturated heterocycles. The number of imidazole rings is 4. The molecule has 13 aromatic rings. The Balaban J connectivity index is 0.000000129. The quantitative estimate of drug-likeness (QED) is 0.0316. The number of aromatic nitrogens is 8. The van der Waals surface area contributed by atoms with Gasteiger partial charge in [-0.1, -0.05) is 84.4 Å². The maximum atomic E-state index is 14.3. The fourth-order valence-corrected chi connectivity index (χ4v) is 18.7. The Bertz CT molecular complexity index is 6000. The number of hydrogen-bond acceptors (Lipinski definition) is 15. The summed E-state index contributed by atoms with van der Waals surface area (Å²) in [6.45, 7) is 39.4. The number of piperazine rings is 2. The van der Waals surface area contributed by atoms with Crippen LogP contribution >= 0.6 is 11.6 Å². The predicted octanol–water partition coefficient (Wildman–Crippen LogP) is 19.1. The molecule has 4 aromatic heterocycles. The first-order valence-electron chi connectivity index (χ1n) is 44.8. The highest BCUT2D eigenvalue weighted by Gasteiger charge is 2.29. The van der Waals surface area contributed by atoms with Gasteiger partial charge in [0.2, 0.25) is 23.8 Å². The third-order valence-corrected chi connectivity index (χ3v) is 25.3. The van der Waals surface area contributed by atoms with E-state index < -0.39 is 0 Å². The van der Waals surface area contributed by atoms with E-state index in [1.807, 2.05) is 100 Å². The smallest absolute Gasteiger partial charge is 0.207 e. The van der Waals surface area contributed by atoms with Crippen LogP contribution in [-0.4, -0.2) is 161 Å². The minimum absolute atomic E-state index is 0.102. The number of nitrogens with zero attached hydrogens (tertiary/aromatic N) is 12. The summed E-state index contributed by atoms with van der Waals surface area (Å²) in [5, 5.41) is 17.8. The van der Waals surface area contributed by atoms with E-state index in [9.17, 15) is 17.6 Å². The molecule has 125 heavy (non-hydrogen) atoms. The Kier molecular flexibility index (Phi) is 28.4. The van der Waals surface area contributed by atoms with Gasteiger partial charge in [0.1, 0.15) is 34.3 Å². The molecule has 0 radical (unpaired) electrons. The van der Waals surface area contributed by atoms with Gasteiger partial charge in [-0.05, 0) is 278 Å². The van der Waals surface area contributed by atoms with Crippen molar-refractivity contribution in [3.63, 3.8) is 0 Å². The molecule has 24 heteroatoms. The summed E-state index contributed by atoms with van der Waals surface area (Å²) in [5.41, 5.74) is 40.9. The molecule has 658 valence electrons. The number of nitrogens with one attached hydrogen (secondary N) is 5. The van der Waals surface area contributed by atoms with Crippen molar-refractivity contribution in [3.8, 4) is 11.1 Å². The van der Waals surface area contributed by atoms with Crippen LogP contribution in [0.25, 0.3) is 60.8 Å². The summed E-state index contributed by atoms with van der Waals surface area (Å²) in [5.74, 6) is 3.57. The van der Waals surface area contributed by atoms with Gasteiger partial charge in [-0.15, -0.1) is 0 Å². The van der Waals surface area contributed by atoms with Gasteiger partial charge in [0.05, 0.1) is 70.7 Å². The SMILES string of the molecule is Cc1cc(-c2ccccc2Cl)c2nc(NCCN)n(Cc3cc(C)c(F)c(C)c3)c2c1.Cc1cc(C2=CCCCC2)c2nc(NCCN)n(Cc3ccc(F)c(C)c3)c2c1.Cc1cc(N2CCCCC2)c2nc(N3CCNCC3)n(Cc3cc(C)c(F)c(C)c3)c2c1.Cc1cc(N2CCN(C)CC2)c2nc(NCC3CNC3)n(Cc3cc(C)c(F)c(C)c3)c2c1. The zero-order chi connectivity index (χ0) is 87.9. The van der Waals surface area contributed by atoms with E-state index in [-0.39, 0.29) is 23.3 Å². The summed E-state index contributed by atoms with van der Waals surface area (Å²) >= 11 is 6.52. The lowest BCUT2D eigenvalue weighted by atomic mass is 9.92. The van der Waals surface area contributed by atoms with Gasteiger partial charge in [0.25, 0.3) is 0 Å². The van der Waals surface area contributed by atoms with E-state index in [0.29, 0.717) is 102 Å². The van der Waals surface area contributed by atoms with Gasteiger partial charge in [0.15, 0.2) is 0 Å². The van der Waals surface area contributed by atoms with Gasteiger partial charge in [-0.25, -0.2) is 37.5 Å². The average molecular weight is 1720 g/mol. The molecule has 0 atom stereocenters. The Morgan fingerprint density at radius 1 is 0.416 bits per heavy atom. The van der Waals surface area contributed by atoms with E-state index >= 15 is 0 Å². The molecule has 4 fully saturated rings. The van der Waals surface area contributed by atoms with Crippen molar-refractivity contribution in [1.29, 1.82) is 0 Å². The molecule has 5 aliphatic rings. The molecule has 8 heterocycles. The van der Waals surface area contributed by atoms with Crippen LogP contribution in [0.2, 0.25) is 5.02 Å². The third kappa shape index (κ3) is 20.4. The summed E-state index contributed by atoms with van der Waals surface area (Å²) < 4.78 is 65.4. The number of likely N-dealkylation sites (N-methyl/N-ethyl adjacent to an activating group) is 1. The molecule has 19 nitrogen and oxygen atoms in total. The summed E-state index contributed by atoms with van der Waals surface area (Å²) in [7, 11) is 2.18. The molecule has 1 aliphatic carbocycles. The zero-order valence-electron chi connectivity index (χ0n) is 75.0. The molecule has 9 N–H and O–H groups in total. The Labute approximate surface area is 739 Å². The highest BCUT2D eigenvalue weighted by Crippen LogP contribution is 2.41. The molecular formula is C101H124ClF4N19. The second-order valence-corrected chi connectivity index (χ2v) is 35.7. The molecule has 0 unspecified atom stereocenters. The second-order valence-electron chi connectivity index (χ2n) is 35.3. The van der Waals surface area contributed by atoms with E-state index in [2.05, 4.69) is 154 Å². The van der Waals surface area contributed by atoms with E-state index in [0.717, 1.165) is 199 Å². The fourth-order valence-electron chi connectivity index (χ4n) is 18.4. The molecule has 9 aromatic carbocycles. The summed E-state index contributed by atoms with van der Waals surface area (Å²) in [6, 6.07) is 42.5. The first kappa shape index (κ1) is 89.0. The van der Waals surface area contributed by atoms with Gasteiger partial charge < -0.3 is 75.9 Å². The van der Waals surface area contributed by atoms with Crippen molar-refractivity contribution in [2.75, 3.05) is 149 Å². The predicted molar refractivity (Wildman–Crippen MR) is 511 cm³/mol. The van der Waals surface area contributed by atoms with Crippen molar-refractivity contribution in [2.45, 2.75) is 147 Å².